The van der Waals surface area contributed by atoms with Crippen LogP contribution in [0.3, 0.4) is 0 Å². The molecule has 4 heteroatoms. The molecule has 1 unspecified atom stereocenters. The van der Waals surface area contributed by atoms with E-state index in [9.17, 15) is 4.79 Å². The molecule has 0 amide bonds. The van der Waals surface area contributed by atoms with E-state index in [0.717, 1.165) is 12.1 Å². The fourth-order valence-electron chi connectivity index (χ4n) is 1.89. The molecule has 20 heavy (non-hydrogen) atoms. The van der Waals surface area contributed by atoms with Crippen molar-refractivity contribution in [3.63, 3.8) is 0 Å². The molecule has 0 fully saturated rings. The zero-order valence-corrected chi connectivity index (χ0v) is 12.3. The van der Waals surface area contributed by atoms with Gasteiger partial charge in [-0.2, -0.15) is 5.26 Å². The molecule has 1 rings (SSSR count). The number of esters is 1. The Morgan fingerprint density at radius 1 is 1.40 bits per heavy atom. The van der Waals surface area contributed by atoms with Gasteiger partial charge in [-0.1, -0.05) is 32.0 Å². The molecule has 0 saturated heterocycles. The predicted molar refractivity (Wildman–Crippen MR) is 79.4 cm³/mol. The number of benzene rings is 1. The second-order valence-corrected chi connectivity index (χ2v) is 4.84. The van der Waals surface area contributed by atoms with Crippen LogP contribution in [0.1, 0.15) is 45.1 Å². The Morgan fingerprint density at radius 3 is 2.75 bits per heavy atom. The van der Waals surface area contributed by atoms with Crippen molar-refractivity contribution in [1.29, 1.82) is 5.26 Å². The number of nitrogens with one attached hydrogen (secondary N) is 1. The van der Waals surface area contributed by atoms with Crippen molar-refractivity contribution < 1.29 is 9.53 Å². The molecule has 1 N–H and O–H groups in total. The highest BCUT2D eigenvalue weighted by atomic mass is 16.5. The number of rotatable bonds is 7. The lowest BCUT2D eigenvalue weighted by Gasteiger charge is -2.19. The van der Waals surface area contributed by atoms with Crippen molar-refractivity contribution >= 4 is 11.7 Å². The number of anilines is 1. The van der Waals surface area contributed by atoms with Crippen LogP contribution in [0.5, 0.6) is 0 Å². The molecule has 108 valence electrons. The number of para-hydroxylation sites is 1. The zero-order valence-electron chi connectivity index (χ0n) is 12.3. The lowest BCUT2D eigenvalue weighted by Crippen LogP contribution is -2.29. The van der Waals surface area contributed by atoms with Gasteiger partial charge >= 0.3 is 5.97 Å². The van der Waals surface area contributed by atoms with E-state index in [1.807, 2.05) is 24.3 Å². The average Bonchev–Trinajstić information content (AvgIpc) is 2.47. The second-order valence-electron chi connectivity index (χ2n) is 4.84. The van der Waals surface area contributed by atoms with Gasteiger partial charge in [-0.25, -0.2) is 4.79 Å². The normalized spacial score (nSPS) is 13.1. The third-order valence-corrected chi connectivity index (χ3v) is 3.29. The molecule has 1 aromatic carbocycles. The molecule has 0 saturated carbocycles. The van der Waals surface area contributed by atoms with Crippen LogP contribution in [0, 0.1) is 11.3 Å². The number of carbonyl (C=O) groups is 1. The van der Waals surface area contributed by atoms with Crippen molar-refractivity contribution in [2.75, 3.05) is 11.9 Å². The Morgan fingerprint density at radius 2 is 2.10 bits per heavy atom. The molecule has 0 aliphatic carbocycles. The highest BCUT2D eigenvalue weighted by Gasteiger charge is 2.16. The molecule has 0 bridgehead atoms. The van der Waals surface area contributed by atoms with Crippen molar-refractivity contribution in [2.24, 2.45) is 0 Å². The Balaban J connectivity index is 2.68. The quantitative estimate of drug-likeness (QED) is 0.611. The number of hydrogen-bond acceptors (Lipinski definition) is 4. The maximum Gasteiger partial charge on any atom is 0.328 e. The van der Waals surface area contributed by atoms with Crippen molar-refractivity contribution in [2.45, 2.75) is 45.6 Å². The van der Waals surface area contributed by atoms with Crippen LogP contribution in [0.25, 0.3) is 0 Å². The summed E-state index contributed by atoms with van der Waals surface area (Å²) in [5.74, 6) is 0.0970. The summed E-state index contributed by atoms with van der Waals surface area (Å²) >= 11 is 0. The van der Waals surface area contributed by atoms with Crippen LogP contribution in [0.15, 0.2) is 24.3 Å². The number of carbonyl (C=O) groups excluding carboxylic acids is 1. The number of ether oxygens (including phenoxy) is 1. The first-order chi connectivity index (χ1) is 9.60. The standard InChI is InChI=1S/C16H22N2O2/c1-4-12(2)14-8-5-6-9-15(14)18-13(3)16(19)20-11-7-10-17/h5-6,8-9,12-13,18H,4,7,11H2,1-3H3/t12?,13-/m0/s1. The predicted octanol–water partition coefficient (Wildman–Crippen LogP) is 3.46. The van der Waals surface area contributed by atoms with E-state index in [4.69, 9.17) is 10.00 Å². The Hall–Kier alpha value is -2.02. The Labute approximate surface area is 120 Å². The fourth-order valence-corrected chi connectivity index (χ4v) is 1.89. The lowest BCUT2D eigenvalue weighted by molar-refractivity contribution is -0.143. The number of hydrogen-bond donors (Lipinski definition) is 1. The molecule has 0 spiro atoms. The number of nitriles is 1. The van der Waals surface area contributed by atoms with Gasteiger partial charge in [0.25, 0.3) is 0 Å². The van der Waals surface area contributed by atoms with Gasteiger partial charge in [0.1, 0.15) is 12.6 Å². The van der Waals surface area contributed by atoms with Crippen LogP contribution in [-0.4, -0.2) is 18.6 Å². The van der Waals surface area contributed by atoms with Gasteiger partial charge in [-0.15, -0.1) is 0 Å². The molecule has 0 aromatic heterocycles. The van der Waals surface area contributed by atoms with E-state index in [1.165, 1.54) is 5.56 Å². The summed E-state index contributed by atoms with van der Waals surface area (Å²) in [7, 11) is 0. The van der Waals surface area contributed by atoms with Gasteiger partial charge in [0, 0.05) is 5.69 Å². The highest BCUT2D eigenvalue weighted by molar-refractivity contribution is 5.79. The molecular weight excluding hydrogens is 252 g/mol. The van der Waals surface area contributed by atoms with Crippen LogP contribution in [0.4, 0.5) is 5.69 Å². The largest absolute Gasteiger partial charge is 0.463 e. The second kappa shape index (κ2) is 8.21. The van der Waals surface area contributed by atoms with E-state index in [-0.39, 0.29) is 19.0 Å². The van der Waals surface area contributed by atoms with Crippen LogP contribution in [0.2, 0.25) is 0 Å². The van der Waals surface area contributed by atoms with Crippen molar-refractivity contribution in [3.8, 4) is 6.07 Å². The van der Waals surface area contributed by atoms with Gasteiger partial charge in [-0.3, -0.25) is 0 Å². The van der Waals surface area contributed by atoms with Crippen LogP contribution < -0.4 is 5.32 Å². The van der Waals surface area contributed by atoms with Gasteiger partial charge in [0.15, 0.2) is 0 Å². The van der Waals surface area contributed by atoms with E-state index in [1.54, 1.807) is 6.92 Å². The summed E-state index contributed by atoms with van der Waals surface area (Å²) in [5, 5.41) is 11.6. The minimum atomic E-state index is -0.432. The summed E-state index contributed by atoms with van der Waals surface area (Å²) < 4.78 is 5.02. The monoisotopic (exact) mass is 274 g/mol. The summed E-state index contributed by atoms with van der Waals surface area (Å²) in [6, 6.07) is 9.51. The average molecular weight is 274 g/mol. The van der Waals surface area contributed by atoms with E-state index in [2.05, 4.69) is 25.2 Å². The van der Waals surface area contributed by atoms with E-state index >= 15 is 0 Å². The smallest absolute Gasteiger partial charge is 0.328 e. The van der Waals surface area contributed by atoms with Gasteiger partial charge < -0.3 is 10.1 Å². The van der Waals surface area contributed by atoms with Gasteiger partial charge in [0.05, 0.1) is 12.5 Å². The molecule has 2 atom stereocenters. The molecule has 4 nitrogen and oxygen atoms in total. The van der Waals surface area contributed by atoms with Crippen LogP contribution >= 0.6 is 0 Å². The minimum absolute atomic E-state index is 0.147. The van der Waals surface area contributed by atoms with Crippen molar-refractivity contribution in [3.05, 3.63) is 29.8 Å². The fraction of sp³-hybridized carbons (Fsp3) is 0.500. The Bertz CT molecular complexity index is 480. The molecule has 0 aliphatic heterocycles. The SMILES string of the molecule is CCC(C)c1ccccc1N[C@@H](C)C(=O)OCCC#N. The Kier molecular flexibility index (Phi) is 6.58. The van der Waals surface area contributed by atoms with Gasteiger partial charge in [0.2, 0.25) is 0 Å². The first-order valence-corrected chi connectivity index (χ1v) is 6.99. The molecular formula is C16H22N2O2. The van der Waals surface area contributed by atoms with Gasteiger partial charge in [-0.05, 0) is 30.9 Å². The molecule has 1 aromatic rings. The maximum atomic E-state index is 11.8. The third-order valence-electron chi connectivity index (χ3n) is 3.29. The lowest BCUT2D eigenvalue weighted by atomic mass is 9.96. The maximum absolute atomic E-state index is 11.8. The first kappa shape index (κ1) is 16.0. The zero-order chi connectivity index (χ0) is 15.0. The summed E-state index contributed by atoms with van der Waals surface area (Å²) in [5.41, 5.74) is 2.17. The topological polar surface area (TPSA) is 62.1 Å². The number of nitrogens with zero attached hydrogens (tertiary/aromatic N) is 1. The summed E-state index contributed by atoms with van der Waals surface area (Å²) in [6.07, 6.45) is 1.27. The van der Waals surface area contributed by atoms with E-state index in [0.29, 0.717) is 5.92 Å². The van der Waals surface area contributed by atoms with Crippen LogP contribution in [-0.2, 0) is 9.53 Å². The summed E-state index contributed by atoms with van der Waals surface area (Å²) in [4.78, 5) is 11.8. The first-order valence-electron chi connectivity index (χ1n) is 6.99. The third kappa shape index (κ3) is 4.58. The molecule has 0 radical (unpaired) electrons. The van der Waals surface area contributed by atoms with Crippen molar-refractivity contribution in [1.82, 2.24) is 0 Å². The minimum Gasteiger partial charge on any atom is -0.463 e. The molecule has 0 aliphatic rings. The van der Waals surface area contributed by atoms with E-state index < -0.39 is 6.04 Å². The molecule has 0 heterocycles. The summed E-state index contributed by atoms with van der Waals surface area (Å²) in [6.45, 7) is 6.22. The highest BCUT2D eigenvalue weighted by Crippen LogP contribution is 2.26.